The molecule has 0 spiro atoms. The summed E-state index contributed by atoms with van der Waals surface area (Å²) >= 11 is 0. The number of H-pyrrole nitrogens is 1. The van der Waals surface area contributed by atoms with E-state index in [4.69, 9.17) is 14.2 Å². The first-order chi connectivity index (χ1) is 14.5. The van der Waals surface area contributed by atoms with E-state index in [1.54, 1.807) is 19.2 Å². The Labute approximate surface area is 174 Å². The van der Waals surface area contributed by atoms with Gasteiger partial charge in [-0.2, -0.15) is 5.10 Å². The van der Waals surface area contributed by atoms with E-state index in [1.807, 2.05) is 0 Å². The summed E-state index contributed by atoms with van der Waals surface area (Å²) in [6.45, 7) is 4.48. The first kappa shape index (κ1) is 20.4. The Balaban J connectivity index is 1.58. The second-order valence-electron chi connectivity index (χ2n) is 7.70. The molecule has 2 N–H and O–H groups in total. The second-order valence-corrected chi connectivity index (χ2v) is 7.70. The van der Waals surface area contributed by atoms with Crippen molar-refractivity contribution in [2.75, 3.05) is 27.4 Å². The molecule has 2 aliphatic rings. The molecule has 1 aromatic heterocycles. The van der Waals surface area contributed by atoms with Gasteiger partial charge in [-0.25, -0.2) is 4.39 Å². The number of halogens is 1. The number of methoxy groups -OCH3 is 2. The van der Waals surface area contributed by atoms with Crippen LogP contribution >= 0.6 is 0 Å². The summed E-state index contributed by atoms with van der Waals surface area (Å²) < 4.78 is 31.0. The number of carbonyl (C=O) groups excluding carboxylic acids is 1. The maximum absolute atomic E-state index is 14.9. The van der Waals surface area contributed by atoms with Crippen LogP contribution in [0, 0.1) is 5.82 Å². The molecule has 0 saturated carbocycles. The topological polar surface area (TPSA) is 85.5 Å². The monoisotopic (exact) mass is 415 g/mol. The highest BCUT2D eigenvalue weighted by Crippen LogP contribution is 2.40. The summed E-state index contributed by atoms with van der Waals surface area (Å²) in [7, 11) is 3.01. The number of amides is 1. The van der Waals surface area contributed by atoms with Crippen LogP contribution in [-0.4, -0.2) is 49.6 Å². The molecule has 7 nitrogen and oxygen atoms in total. The predicted octanol–water partition coefficient (Wildman–Crippen LogP) is 2.62. The van der Waals surface area contributed by atoms with E-state index >= 15 is 0 Å². The van der Waals surface area contributed by atoms with Gasteiger partial charge in [0.1, 0.15) is 5.75 Å². The summed E-state index contributed by atoms with van der Waals surface area (Å²) in [5, 5.41) is 10.6. The molecule has 160 valence electrons. The summed E-state index contributed by atoms with van der Waals surface area (Å²) in [5.74, 6) is 0.178. The standard InChI is InChI=1S/C22H26FN3O4/c1-4-20(27)24-18-11-30-10-16(18)22-14-6-5-12(7-17(14)25-26-22)15-8-13(28-2)9-19(29-3)21(15)23/h4,8-9,12,16,18H,1,5-7,10-11H2,2-3H3,(H,24,27)(H,25,26)/t12-,16+,18-/m0/s1. The number of carbonyl (C=O) groups is 1. The van der Waals surface area contributed by atoms with Crippen LogP contribution in [0.4, 0.5) is 4.39 Å². The molecule has 1 aliphatic carbocycles. The molecular weight excluding hydrogens is 389 g/mol. The number of ether oxygens (including phenoxy) is 3. The third-order valence-electron chi connectivity index (χ3n) is 6.07. The number of aromatic nitrogens is 2. The van der Waals surface area contributed by atoms with Crippen LogP contribution in [0.3, 0.4) is 0 Å². The van der Waals surface area contributed by atoms with Crippen LogP contribution < -0.4 is 14.8 Å². The Morgan fingerprint density at radius 2 is 2.20 bits per heavy atom. The largest absolute Gasteiger partial charge is 0.497 e. The van der Waals surface area contributed by atoms with Crippen LogP contribution in [0.2, 0.25) is 0 Å². The second kappa shape index (κ2) is 8.47. The molecular formula is C22H26FN3O4. The fraction of sp³-hybridized carbons (Fsp3) is 0.455. The molecule has 8 heteroatoms. The van der Waals surface area contributed by atoms with Crippen molar-refractivity contribution in [1.29, 1.82) is 0 Å². The van der Waals surface area contributed by atoms with E-state index in [1.165, 1.54) is 13.2 Å². The van der Waals surface area contributed by atoms with Gasteiger partial charge in [-0.3, -0.25) is 9.89 Å². The van der Waals surface area contributed by atoms with Crippen molar-refractivity contribution in [2.24, 2.45) is 0 Å². The van der Waals surface area contributed by atoms with Gasteiger partial charge in [0.2, 0.25) is 5.91 Å². The maximum atomic E-state index is 14.9. The zero-order valence-electron chi connectivity index (χ0n) is 17.2. The average molecular weight is 415 g/mol. The van der Waals surface area contributed by atoms with Crippen molar-refractivity contribution >= 4 is 5.91 Å². The van der Waals surface area contributed by atoms with Crippen molar-refractivity contribution in [2.45, 2.75) is 37.1 Å². The van der Waals surface area contributed by atoms with E-state index < -0.39 is 0 Å². The van der Waals surface area contributed by atoms with Gasteiger partial charge in [-0.05, 0) is 48.4 Å². The van der Waals surface area contributed by atoms with Crippen LogP contribution in [0.25, 0.3) is 0 Å². The van der Waals surface area contributed by atoms with Gasteiger partial charge in [-0.1, -0.05) is 6.58 Å². The zero-order chi connectivity index (χ0) is 21.3. The number of nitrogens with one attached hydrogen (secondary N) is 2. The third kappa shape index (κ3) is 3.67. The van der Waals surface area contributed by atoms with Crippen LogP contribution in [0.15, 0.2) is 24.8 Å². The minimum Gasteiger partial charge on any atom is -0.497 e. The third-order valence-corrected chi connectivity index (χ3v) is 6.07. The number of fused-ring (bicyclic) bond motifs is 1. The summed E-state index contributed by atoms with van der Waals surface area (Å²) in [6, 6.07) is 3.17. The molecule has 0 radical (unpaired) electrons. The lowest BCUT2D eigenvalue weighted by Gasteiger charge is -2.25. The van der Waals surface area contributed by atoms with Crippen LogP contribution in [0.1, 0.15) is 40.8 Å². The first-order valence-electron chi connectivity index (χ1n) is 10.0. The van der Waals surface area contributed by atoms with Crippen LogP contribution in [-0.2, 0) is 22.4 Å². The number of benzene rings is 1. The molecule has 3 atom stereocenters. The number of rotatable bonds is 6. The molecule has 1 aromatic carbocycles. The van der Waals surface area contributed by atoms with Crippen molar-refractivity contribution in [3.63, 3.8) is 0 Å². The number of aromatic amines is 1. The van der Waals surface area contributed by atoms with Gasteiger partial charge in [0.15, 0.2) is 11.6 Å². The van der Waals surface area contributed by atoms with Crippen molar-refractivity contribution in [3.05, 3.63) is 53.1 Å². The molecule has 1 amide bonds. The quantitative estimate of drug-likeness (QED) is 0.709. The molecule has 2 aromatic rings. The van der Waals surface area contributed by atoms with Gasteiger partial charge in [0.05, 0.1) is 39.2 Å². The number of hydrogen-bond acceptors (Lipinski definition) is 5. The van der Waals surface area contributed by atoms with Crippen LogP contribution in [0.5, 0.6) is 11.5 Å². The number of hydrogen-bond donors (Lipinski definition) is 2. The summed E-state index contributed by atoms with van der Waals surface area (Å²) in [6.07, 6.45) is 3.43. The Morgan fingerprint density at radius 1 is 1.37 bits per heavy atom. The Hall–Kier alpha value is -2.87. The van der Waals surface area contributed by atoms with Gasteiger partial charge in [0.25, 0.3) is 0 Å². The van der Waals surface area contributed by atoms with E-state index in [0.717, 1.165) is 29.8 Å². The molecule has 1 fully saturated rings. The highest BCUT2D eigenvalue weighted by atomic mass is 19.1. The minimum absolute atomic E-state index is 0.00958. The minimum atomic E-state index is -0.348. The summed E-state index contributed by atoms with van der Waals surface area (Å²) in [5.41, 5.74) is 3.67. The fourth-order valence-corrected chi connectivity index (χ4v) is 4.47. The molecule has 0 unspecified atom stereocenters. The Bertz CT molecular complexity index is 958. The van der Waals surface area contributed by atoms with Gasteiger partial charge in [-0.15, -0.1) is 0 Å². The van der Waals surface area contributed by atoms with Gasteiger partial charge < -0.3 is 19.5 Å². The normalized spacial score (nSPS) is 23.0. The van der Waals surface area contributed by atoms with Crippen molar-refractivity contribution < 1.29 is 23.4 Å². The lowest BCUT2D eigenvalue weighted by molar-refractivity contribution is -0.117. The fourth-order valence-electron chi connectivity index (χ4n) is 4.47. The van der Waals surface area contributed by atoms with E-state index in [9.17, 15) is 9.18 Å². The maximum Gasteiger partial charge on any atom is 0.243 e. The summed E-state index contributed by atoms with van der Waals surface area (Å²) in [4.78, 5) is 11.7. The first-order valence-corrected chi connectivity index (χ1v) is 10.0. The van der Waals surface area contributed by atoms with E-state index in [0.29, 0.717) is 30.9 Å². The molecule has 1 saturated heterocycles. The molecule has 30 heavy (non-hydrogen) atoms. The molecule has 0 bridgehead atoms. The van der Waals surface area contributed by atoms with E-state index in [-0.39, 0.29) is 35.4 Å². The van der Waals surface area contributed by atoms with Crippen molar-refractivity contribution in [3.8, 4) is 11.5 Å². The highest BCUT2D eigenvalue weighted by molar-refractivity contribution is 5.87. The van der Waals surface area contributed by atoms with E-state index in [2.05, 4.69) is 22.1 Å². The molecule has 4 rings (SSSR count). The predicted molar refractivity (Wildman–Crippen MR) is 109 cm³/mol. The molecule has 1 aliphatic heterocycles. The molecule has 2 heterocycles. The Kier molecular flexibility index (Phi) is 5.76. The van der Waals surface area contributed by atoms with Gasteiger partial charge >= 0.3 is 0 Å². The lowest BCUT2D eigenvalue weighted by atomic mass is 9.80. The average Bonchev–Trinajstić information content (AvgIpc) is 3.39. The lowest BCUT2D eigenvalue weighted by Crippen LogP contribution is -2.38. The highest BCUT2D eigenvalue weighted by Gasteiger charge is 2.36. The number of nitrogens with zero attached hydrogens (tertiary/aromatic N) is 1. The van der Waals surface area contributed by atoms with Crippen molar-refractivity contribution in [1.82, 2.24) is 15.5 Å². The van der Waals surface area contributed by atoms with Gasteiger partial charge in [0, 0.05) is 17.7 Å². The smallest absolute Gasteiger partial charge is 0.243 e. The Morgan fingerprint density at radius 3 is 2.93 bits per heavy atom. The zero-order valence-corrected chi connectivity index (χ0v) is 17.2. The SMILES string of the molecule is C=CC(=O)N[C@H]1COC[C@H]1c1[nH]nc2c1CC[C@H](c1cc(OC)cc(OC)c1F)C2.